The van der Waals surface area contributed by atoms with Gasteiger partial charge in [-0.05, 0) is 54.4 Å². The smallest absolute Gasteiger partial charge is 0.261 e. The molecule has 0 atom stereocenters. The molecule has 28 heavy (non-hydrogen) atoms. The largest absolute Gasteiger partial charge is 0.326 e. The van der Waals surface area contributed by atoms with Crippen LogP contribution in [0, 0.1) is 0 Å². The lowest BCUT2D eigenvalue weighted by molar-refractivity contribution is -0.116. The lowest BCUT2D eigenvalue weighted by atomic mass is 10.1. The van der Waals surface area contributed by atoms with E-state index in [9.17, 15) is 13.2 Å². The second-order valence-electron chi connectivity index (χ2n) is 6.18. The molecule has 7 heteroatoms. The minimum absolute atomic E-state index is 0.164. The Morgan fingerprint density at radius 1 is 0.857 bits per heavy atom. The van der Waals surface area contributed by atoms with Gasteiger partial charge in [0.1, 0.15) is 0 Å². The molecule has 3 aromatic carbocycles. The van der Waals surface area contributed by atoms with Gasteiger partial charge in [-0.3, -0.25) is 9.52 Å². The van der Waals surface area contributed by atoms with Gasteiger partial charge in [-0.25, -0.2) is 8.42 Å². The number of benzene rings is 3. The molecule has 144 valence electrons. The van der Waals surface area contributed by atoms with Crippen molar-refractivity contribution in [3.63, 3.8) is 0 Å². The third-order valence-electron chi connectivity index (χ3n) is 3.98. The second-order valence-corrected chi connectivity index (χ2v) is 8.30. The molecule has 3 aromatic rings. The topological polar surface area (TPSA) is 75.3 Å². The van der Waals surface area contributed by atoms with Crippen molar-refractivity contribution in [2.75, 3.05) is 10.0 Å². The second kappa shape index (κ2) is 8.91. The van der Waals surface area contributed by atoms with Gasteiger partial charge in [0.2, 0.25) is 5.91 Å². The summed E-state index contributed by atoms with van der Waals surface area (Å²) in [6.07, 6.45) is 0.854. The molecule has 5 nitrogen and oxygen atoms in total. The highest BCUT2D eigenvalue weighted by molar-refractivity contribution is 7.92. The van der Waals surface area contributed by atoms with Gasteiger partial charge >= 0.3 is 0 Å². The van der Waals surface area contributed by atoms with Crippen LogP contribution in [0.15, 0.2) is 83.8 Å². The molecule has 3 rings (SSSR count). The lowest BCUT2D eigenvalue weighted by Gasteiger charge is -2.10. The molecule has 0 heterocycles. The van der Waals surface area contributed by atoms with Crippen LogP contribution in [-0.2, 0) is 21.2 Å². The van der Waals surface area contributed by atoms with Crippen LogP contribution in [0.25, 0.3) is 0 Å². The van der Waals surface area contributed by atoms with E-state index in [1.54, 1.807) is 48.5 Å². The van der Waals surface area contributed by atoms with E-state index in [1.807, 2.05) is 18.2 Å². The summed E-state index contributed by atoms with van der Waals surface area (Å²) in [4.78, 5) is 12.4. The van der Waals surface area contributed by atoms with E-state index in [0.717, 1.165) is 5.56 Å². The van der Waals surface area contributed by atoms with E-state index >= 15 is 0 Å². The first-order valence-electron chi connectivity index (χ1n) is 8.65. The van der Waals surface area contributed by atoms with Crippen LogP contribution in [0.2, 0.25) is 5.02 Å². The molecule has 0 radical (unpaired) electrons. The summed E-state index contributed by atoms with van der Waals surface area (Å²) in [5.41, 5.74) is 1.87. The third kappa shape index (κ3) is 5.58. The number of halogens is 1. The van der Waals surface area contributed by atoms with E-state index < -0.39 is 10.0 Å². The molecule has 0 unspecified atom stereocenters. The Morgan fingerprint density at radius 3 is 2.32 bits per heavy atom. The fraction of sp³-hybridized carbons (Fsp3) is 0.0952. The van der Waals surface area contributed by atoms with Crippen molar-refractivity contribution in [2.45, 2.75) is 17.7 Å². The number of nitrogens with one attached hydrogen (secondary N) is 2. The average molecular weight is 415 g/mol. The van der Waals surface area contributed by atoms with Gasteiger partial charge in [0, 0.05) is 17.1 Å². The van der Waals surface area contributed by atoms with Crippen LogP contribution in [-0.4, -0.2) is 14.3 Å². The Bertz CT molecular complexity index is 1070. The van der Waals surface area contributed by atoms with Crippen LogP contribution in [0.4, 0.5) is 11.4 Å². The first-order valence-corrected chi connectivity index (χ1v) is 10.5. The Morgan fingerprint density at radius 2 is 1.57 bits per heavy atom. The SMILES string of the molecule is O=C(CCc1cccc(Cl)c1)Nc1cccc(NS(=O)(=O)c2ccccc2)c1. The summed E-state index contributed by atoms with van der Waals surface area (Å²) in [6, 6.07) is 22.1. The van der Waals surface area contributed by atoms with E-state index in [0.29, 0.717) is 29.2 Å². The normalized spacial score (nSPS) is 11.0. The predicted molar refractivity (Wildman–Crippen MR) is 112 cm³/mol. The number of hydrogen-bond acceptors (Lipinski definition) is 3. The summed E-state index contributed by atoms with van der Waals surface area (Å²) in [5.74, 6) is -0.164. The minimum atomic E-state index is -3.68. The summed E-state index contributed by atoms with van der Waals surface area (Å²) < 4.78 is 27.3. The van der Waals surface area contributed by atoms with Gasteiger partial charge in [-0.1, -0.05) is 48.0 Å². The van der Waals surface area contributed by atoms with Gasteiger partial charge < -0.3 is 5.32 Å². The number of carbonyl (C=O) groups is 1. The van der Waals surface area contributed by atoms with Crippen LogP contribution >= 0.6 is 11.6 Å². The highest BCUT2D eigenvalue weighted by Gasteiger charge is 2.13. The summed E-state index contributed by atoms with van der Waals surface area (Å²) >= 11 is 5.95. The highest BCUT2D eigenvalue weighted by atomic mass is 35.5. The van der Waals surface area contributed by atoms with E-state index in [-0.39, 0.29) is 10.8 Å². The van der Waals surface area contributed by atoms with Gasteiger partial charge in [0.05, 0.1) is 10.6 Å². The zero-order chi connectivity index (χ0) is 20.0. The van der Waals surface area contributed by atoms with E-state index in [4.69, 9.17) is 11.6 Å². The number of amides is 1. The number of rotatable bonds is 7. The maximum absolute atomic E-state index is 12.4. The summed E-state index contributed by atoms with van der Waals surface area (Å²) in [6.45, 7) is 0. The first kappa shape index (κ1) is 19.9. The minimum Gasteiger partial charge on any atom is -0.326 e. The fourth-order valence-corrected chi connectivity index (χ4v) is 3.93. The van der Waals surface area contributed by atoms with Crippen molar-refractivity contribution in [1.29, 1.82) is 0 Å². The monoisotopic (exact) mass is 414 g/mol. The quantitative estimate of drug-likeness (QED) is 0.587. The number of aryl methyl sites for hydroxylation is 1. The number of sulfonamides is 1. The van der Waals surface area contributed by atoms with Crippen LogP contribution in [0.5, 0.6) is 0 Å². The van der Waals surface area contributed by atoms with Gasteiger partial charge in [0.15, 0.2) is 0 Å². The zero-order valence-electron chi connectivity index (χ0n) is 14.9. The molecule has 0 spiro atoms. The van der Waals surface area contributed by atoms with Gasteiger partial charge in [0.25, 0.3) is 10.0 Å². The zero-order valence-corrected chi connectivity index (χ0v) is 16.5. The highest BCUT2D eigenvalue weighted by Crippen LogP contribution is 2.20. The summed E-state index contributed by atoms with van der Waals surface area (Å²) in [5, 5.41) is 3.42. The molecule has 0 saturated heterocycles. The Labute approximate surface area is 169 Å². The van der Waals surface area contributed by atoms with Crippen LogP contribution in [0.1, 0.15) is 12.0 Å². The van der Waals surface area contributed by atoms with Gasteiger partial charge in [-0.2, -0.15) is 0 Å². The Hall–Kier alpha value is -2.83. The van der Waals surface area contributed by atoms with Crippen LogP contribution in [0.3, 0.4) is 0 Å². The van der Waals surface area contributed by atoms with Crippen molar-refractivity contribution in [1.82, 2.24) is 0 Å². The number of carbonyl (C=O) groups excluding carboxylic acids is 1. The summed E-state index contributed by atoms with van der Waals surface area (Å²) in [7, 11) is -3.68. The standard InChI is InChI=1S/C21H19ClN2O3S/c22-17-7-4-6-16(14-17)12-13-21(25)23-18-8-5-9-19(15-18)24-28(26,27)20-10-2-1-3-11-20/h1-11,14-15,24H,12-13H2,(H,23,25). The van der Waals surface area contributed by atoms with Crippen LogP contribution < -0.4 is 10.0 Å². The lowest BCUT2D eigenvalue weighted by Crippen LogP contribution is -2.14. The van der Waals surface area contributed by atoms with Crippen molar-refractivity contribution < 1.29 is 13.2 Å². The first-order chi connectivity index (χ1) is 13.4. The van der Waals surface area contributed by atoms with Gasteiger partial charge in [-0.15, -0.1) is 0 Å². The molecule has 0 aliphatic rings. The molecular formula is C21H19ClN2O3S. The van der Waals surface area contributed by atoms with Crippen molar-refractivity contribution in [3.05, 3.63) is 89.4 Å². The Balaban J connectivity index is 1.62. The molecule has 0 aromatic heterocycles. The number of anilines is 2. The molecule has 0 fully saturated rings. The van der Waals surface area contributed by atoms with Crippen molar-refractivity contribution in [2.24, 2.45) is 0 Å². The maximum atomic E-state index is 12.4. The predicted octanol–water partition coefficient (Wildman–Crippen LogP) is 4.71. The molecule has 0 saturated carbocycles. The fourth-order valence-electron chi connectivity index (χ4n) is 2.65. The molecule has 0 aliphatic carbocycles. The maximum Gasteiger partial charge on any atom is 0.261 e. The van der Waals surface area contributed by atoms with E-state index in [1.165, 1.54) is 12.1 Å². The molecule has 1 amide bonds. The van der Waals surface area contributed by atoms with Crippen molar-refractivity contribution >= 4 is 38.9 Å². The number of hydrogen-bond donors (Lipinski definition) is 2. The van der Waals surface area contributed by atoms with Crippen molar-refractivity contribution in [3.8, 4) is 0 Å². The molecule has 0 bridgehead atoms. The third-order valence-corrected chi connectivity index (χ3v) is 5.61. The molecule has 2 N–H and O–H groups in total. The molecular weight excluding hydrogens is 396 g/mol. The average Bonchev–Trinajstić information content (AvgIpc) is 2.67. The van der Waals surface area contributed by atoms with E-state index in [2.05, 4.69) is 10.0 Å². The Kier molecular flexibility index (Phi) is 6.34. The molecule has 0 aliphatic heterocycles.